The third-order valence-electron chi connectivity index (χ3n) is 3.68. The molecule has 3 rings (SSSR count). The predicted octanol–water partition coefficient (Wildman–Crippen LogP) is 3.35. The SMILES string of the molecule is Cc1cc(NS(=O)(=O)c2cccs2)c2[nH]c(C(=O)O)cc2c1C. The fourth-order valence-electron chi connectivity index (χ4n) is 2.38. The lowest BCUT2D eigenvalue weighted by Gasteiger charge is -2.11. The van der Waals surface area contributed by atoms with E-state index in [4.69, 9.17) is 5.11 Å². The minimum Gasteiger partial charge on any atom is -0.477 e. The molecule has 3 N–H and O–H groups in total. The molecule has 0 atom stereocenters. The number of anilines is 1. The Morgan fingerprint density at radius 1 is 1.30 bits per heavy atom. The van der Waals surface area contributed by atoms with Gasteiger partial charge in [0.2, 0.25) is 0 Å². The summed E-state index contributed by atoms with van der Waals surface area (Å²) in [6, 6.07) is 6.39. The van der Waals surface area contributed by atoms with Crippen LogP contribution in [0.2, 0.25) is 0 Å². The van der Waals surface area contributed by atoms with Gasteiger partial charge in [-0.25, -0.2) is 13.2 Å². The second kappa shape index (κ2) is 5.39. The van der Waals surface area contributed by atoms with Crippen molar-refractivity contribution in [3.8, 4) is 0 Å². The van der Waals surface area contributed by atoms with E-state index in [0.29, 0.717) is 16.6 Å². The molecule has 0 fully saturated rings. The number of aromatic amines is 1. The Balaban J connectivity index is 2.18. The minimum absolute atomic E-state index is 0.0188. The molecule has 2 aromatic heterocycles. The van der Waals surface area contributed by atoms with Gasteiger partial charge in [0.25, 0.3) is 10.0 Å². The first-order chi connectivity index (χ1) is 10.8. The Kier molecular flexibility index (Phi) is 3.65. The summed E-state index contributed by atoms with van der Waals surface area (Å²) in [7, 11) is -3.70. The number of sulfonamides is 1. The summed E-state index contributed by atoms with van der Waals surface area (Å²) < 4.78 is 27.6. The van der Waals surface area contributed by atoms with Crippen LogP contribution < -0.4 is 4.72 Å². The highest BCUT2D eigenvalue weighted by molar-refractivity contribution is 7.94. The van der Waals surface area contributed by atoms with E-state index in [2.05, 4.69) is 9.71 Å². The topological polar surface area (TPSA) is 99.3 Å². The van der Waals surface area contributed by atoms with E-state index < -0.39 is 16.0 Å². The van der Waals surface area contributed by atoms with Gasteiger partial charge in [-0.3, -0.25) is 4.72 Å². The number of aromatic nitrogens is 1. The molecule has 0 unspecified atom stereocenters. The van der Waals surface area contributed by atoms with Crippen LogP contribution in [0.3, 0.4) is 0 Å². The third kappa shape index (κ3) is 2.71. The number of nitrogens with one attached hydrogen (secondary N) is 2. The van der Waals surface area contributed by atoms with Crippen LogP contribution >= 0.6 is 11.3 Å². The van der Waals surface area contributed by atoms with Gasteiger partial charge in [0.1, 0.15) is 9.90 Å². The van der Waals surface area contributed by atoms with Crippen LogP contribution in [0, 0.1) is 13.8 Å². The average Bonchev–Trinajstić information content (AvgIpc) is 3.13. The number of carbonyl (C=O) groups is 1. The van der Waals surface area contributed by atoms with Crippen LogP contribution in [-0.2, 0) is 10.0 Å². The summed E-state index contributed by atoms with van der Waals surface area (Å²) in [6.45, 7) is 3.72. The van der Waals surface area contributed by atoms with Gasteiger partial charge in [-0.1, -0.05) is 6.07 Å². The Morgan fingerprint density at radius 2 is 2.04 bits per heavy atom. The van der Waals surface area contributed by atoms with E-state index in [0.717, 1.165) is 22.5 Å². The minimum atomic E-state index is -3.70. The van der Waals surface area contributed by atoms with Crippen molar-refractivity contribution in [2.75, 3.05) is 4.72 Å². The first-order valence-electron chi connectivity index (χ1n) is 6.72. The number of thiophene rings is 1. The number of benzene rings is 1. The van der Waals surface area contributed by atoms with E-state index in [9.17, 15) is 13.2 Å². The molecular formula is C15H14N2O4S2. The number of rotatable bonds is 4. The maximum atomic E-state index is 12.4. The molecule has 8 heteroatoms. The van der Waals surface area contributed by atoms with Gasteiger partial charge in [0.15, 0.2) is 0 Å². The van der Waals surface area contributed by atoms with E-state index in [1.54, 1.807) is 17.5 Å². The Morgan fingerprint density at radius 3 is 2.65 bits per heavy atom. The number of hydrogen-bond acceptors (Lipinski definition) is 4. The van der Waals surface area contributed by atoms with Crippen molar-refractivity contribution in [2.45, 2.75) is 18.1 Å². The number of H-pyrrole nitrogens is 1. The number of carboxylic acids is 1. The Labute approximate surface area is 136 Å². The summed E-state index contributed by atoms with van der Waals surface area (Å²) in [5.74, 6) is -1.09. The van der Waals surface area contributed by atoms with Crippen molar-refractivity contribution in [1.82, 2.24) is 4.98 Å². The molecule has 2 heterocycles. The van der Waals surface area contributed by atoms with Crippen LogP contribution in [-0.4, -0.2) is 24.5 Å². The van der Waals surface area contributed by atoms with Crippen molar-refractivity contribution >= 4 is 43.9 Å². The molecule has 120 valence electrons. The van der Waals surface area contributed by atoms with Crippen molar-refractivity contribution in [3.63, 3.8) is 0 Å². The van der Waals surface area contributed by atoms with Gasteiger partial charge in [0.05, 0.1) is 11.2 Å². The molecule has 3 aromatic rings. The van der Waals surface area contributed by atoms with E-state index in [1.165, 1.54) is 12.1 Å². The van der Waals surface area contributed by atoms with Crippen molar-refractivity contribution in [3.05, 3.63) is 46.5 Å². The molecule has 23 heavy (non-hydrogen) atoms. The van der Waals surface area contributed by atoms with Crippen LogP contribution in [0.1, 0.15) is 21.6 Å². The van der Waals surface area contributed by atoms with E-state index >= 15 is 0 Å². The number of carboxylic acid groups (broad SMARTS) is 1. The van der Waals surface area contributed by atoms with Gasteiger partial charge in [0, 0.05) is 5.39 Å². The summed E-state index contributed by atoms with van der Waals surface area (Å²) in [5.41, 5.74) is 2.60. The van der Waals surface area contributed by atoms with Crippen molar-refractivity contribution in [2.24, 2.45) is 0 Å². The number of aryl methyl sites for hydroxylation is 2. The monoisotopic (exact) mass is 350 g/mol. The fourth-order valence-corrected chi connectivity index (χ4v) is 4.43. The molecule has 0 aliphatic carbocycles. The summed E-state index contributed by atoms with van der Waals surface area (Å²) in [6.07, 6.45) is 0. The molecule has 0 spiro atoms. The van der Waals surface area contributed by atoms with E-state index in [1.807, 2.05) is 13.8 Å². The van der Waals surface area contributed by atoms with Gasteiger partial charge < -0.3 is 10.1 Å². The molecule has 0 aliphatic heterocycles. The Hall–Kier alpha value is -2.32. The third-order valence-corrected chi connectivity index (χ3v) is 6.44. The fraction of sp³-hybridized carbons (Fsp3) is 0.133. The van der Waals surface area contributed by atoms with Gasteiger partial charge in [-0.2, -0.15) is 0 Å². The lowest BCUT2D eigenvalue weighted by atomic mass is 10.0. The highest BCUT2D eigenvalue weighted by atomic mass is 32.2. The molecule has 0 saturated heterocycles. The van der Waals surface area contributed by atoms with E-state index in [-0.39, 0.29) is 9.90 Å². The average molecular weight is 350 g/mol. The summed E-state index contributed by atoms with van der Waals surface area (Å²) >= 11 is 1.12. The van der Waals surface area contributed by atoms with Gasteiger partial charge in [-0.15, -0.1) is 11.3 Å². The highest BCUT2D eigenvalue weighted by Gasteiger charge is 2.20. The quantitative estimate of drug-likeness (QED) is 0.672. The first-order valence-corrected chi connectivity index (χ1v) is 9.08. The summed E-state index contributed by atoms with van der Waals surface area (Å²) in [4.78, 5) is 14.0. The zero-order chi connectivity index (χ0) is 16.8. The summed E-state index contributed by atoms with van der Waals surface area (Å²) in [5, 5.41) is 11.5. The molecule has 0 saturated carbocycles. The van der Waals surface area contributed by atoms with Crippen LogP contribution in [0.15, 0.2) is 33.9 Å². The standard InChI is InChI=1S/C15H14N2O4S2/c1-8-6-11(17-23(20,21)13-4-3-5-22-13)14-10(9(8)2)7-12(16-14)15(18)19/h3-7,16-17H,1-2H3,(H,18,19). The first kappa shape index (κ1) is 15.6. The second-order valence-electron chi connectivity index (χ2n) is 5.18. The highest BCUT2D eigenvalue weighted by Crippen LogP contribution is 2.31. The zero-order valence-corrected chi connectivity index (χ0v) is 14.0. The second-order valence-corrected chi connectivity index (χ2v) is 8.04. The number of aromatic carboxylic acids is 1. The normalized spacial score (nSPS) is 11.7. The molecule has 0 aliphatic rings. The maximum absolute atomic E-state index is 12.4. The predicted molar refractivity (Wildman–Crippen MR) is 89.9 cm³/mol. The molecule has 1 aromatic carbocycles. The molecular weight excluding hydrogens is 336 g/mol. The lowest BCUT2D eigenvalue weighted by molar-refractivity contribution is 0.0691. The van der Waals surface area contributed by atoms with Gasteiger partial charge >= 0.3 is 5.97 Å². The van der Waals surface area contributed by atoms with Crippen LogP contribution in [0.5, 0.6) is 0 Å². The molecule has 0 radical (unpaired) electrons. The number of fused-ring (bicyclic) bond motifs is 1. The lowest BCUT2D eigenvalue weighted by Crippen LogP contribution is -2.12. The van der Waals surface area contributed by atoms with Gasteiger partial charge in [-0.05, 0) is 48.6 Å². The maximum Gasteiger partial charge on any atom is 0.352 e. The largest absolute Gasteiger partial charge is 0.477 e. The molecule has 0 bridgehead atoms. The van der Waals surface area contributed by atoms with Crippen LogP contribution in [0.4, 0.5) is 5.69 Å². The van der Waals surface area contributed by atoms with Crippen molar-refractivity contribution in [1.29, 1.82) is 0 Å². The zero-order valence-electron chi connectivity index (χ0n) is 12.4. The smallest absolute Gasteiger partial charge is 0.352 e. The molecule has 0 amide bonds. The molecule has 6 nitrogen and oxygen atoms in total. The van der Waals surface area contributed by atoms with Crippen molar-refractivity contribution < 1.29 is 18.3 Å². The van der Waals surface area contributed by atoms with Crippen LogP contribution in [0.25, 0.3) is 10.9 Å². The Bertz CT molecular complexity index is 1000. The number of hydrogen-bond donors (Lipinski definition) is 3.